The van der Waals surface area contributed by atoms with Crippen molar-refractivity contribution in [2.24, 2.45) is 0 Å². The molecule has 0 bridgehead atoms. The van der Waals surface area contributed by atoms with Gasteiger partial charge in [0.25, 0.3) is 0 Å². The zero-order chi connectivity index (χ0) is 11.0. The minimum Gasteiger partial charge on any atom is -0.397 e. The summed E-state index contributed by atoms with van der Waals surface area (Å²) in [5.41, 5.74) is 7.07. The van der Waals surface area contributed by atoms with Crippen LogP contribution in [-0.2, 0) is 0 Å². The Bertz CT molecular complexity index is 316. The highest BCUT2D eigenvalue weighted by molar-refractivity contribution is 6.31. The van der Waals surface area contributed by atoms with Crippen molar-refractivity contribution in [1.82, 2.24) is 0 Å². The molecule has 0 atom stereocenters. The number of terminal acetylenes is 1. The van der Waals surface area contributed by atoms with Crippen LogP contribution in [0.1, 0.15) is 13.8 Å². The minimum atomic E-state index is 0.449. The molecule has 0 aliphatic heterocycles. The molecule has 14 heavy (non-hydrogen) atoms. The number of halogens is 1. The summed E-state index contributed by atoms with van der Waals surface area (Å²) in [6, 6.07) is 5.22. The SMILES string of the molecule is C#CCNc1cc(Cl)ccc1N.CC. The predicted octanol–water partition coefficient (Wildman–Crippen LogP) is 2.99. The van der Waals surface area contributed by atoms with Gasteiger partial charge in [0.15, 0.2) is 0 Å². The van der Waals surface area contributed by atoms with Gasteiger partial charge in [-0.25, -0.2) is 0 Å². The first kappa shape index (κ1) is 12.7. The first-order valence-electron chi connectivity index (χ1n) is 4.46. The van der Waals surface area contributed by atoms with Gasteiger partial charge in [-0.15, -0.1) is 6.42 Å². The monoisotopic (exact) mass is 210 g/mol. The van der Waals surface area contributed by atoms with Gasteiger partial charge in [0.05, 0.1) is 17.9 Å². The van der Waals surface area contributed by atoms with Crippen LogP contribution >= 0.6 is 11.6 Å². The van der Waals surface area contributed by atoms with Crippen LogP contribution in [0, 0.1) is 12.3 Å². The third-order valence-electron chi connectivity index (χ3n) is 1.40. The Labute approximate surface area is 90.5 Å². The lowest BCUT2D eigenvalue weighted by Crippen LogP contribution is -2.01. The lowest BCUT2D eigenvalue weighted by molar-refractivity contribution is 1.38. The normalized spacial score (nSPS) is 8.14. The van der Waals surface area contributed by atoms with Crippen LogP contribution < -0.4 is 11.1 Å². The van der Waals surface area contributed by atoms with Crippen LogP contribution in [0.4, 0.5) is 11.4 Å². The molecule has 0 saturated heterocycles. The fourth-order valence-corrected chi connectivity index (χ4v) is 1.000. The van der Waals surface area contributed by atoms with E-state index in [0.29, 0.717) is 17.3 Å². The van der Waals surface area contributed by atoms with Gasteiger partial charge in [-0.1, -0.05) is 31.4 Å². The molecule has 2 nitrogen and oxygen atoms in total. The van der Waals surface area contributed by atoms with Gasteiger partial charge in [-0.3, -0.25) is 0 Å². The lowest BCUT2D eigenvalue weighted by Gasteiger charge is -2.05. The molecule has 3 N–H and O–H groups in total. The van der Waals surface area contributed by atoms with Gasteiger partial charge in [-0.05, 0) is 18.2 Å². The van der Waals surface area contributed by atoms with E-state index in [2.05, 4.69) is 11.2 Å². The zero-order valence-electron chi connectivity index (χ0n) is 8.47. The summed E-state index contributed by atoms with van der Waals surface area (Å²) in [7, 11) is 0. The third kappa shape index (κ3) is 4.06. The van der Waals surface area contributed by atoms with Gasteiger partial charge >= 0.3 is 0 Å². The number of hydrogen-bond acceptors (Lipinski definition) is 2. The highest BCUT2D eigenvalue weighted by Crippen LogP contribution is 2.22. The molecule has 1 rings (SSSR count). The molecule has 76 valence electrons. The van der Waals surface area contributed by atoms with Crippen LogP contribution in [0.3, 0.4) is 0 Å². The van der Waals surface area contributed by atoms with Crippen molar-refractivity contribution in [2.45, 2.75) is 13.8 Å². The summed E-state index contributed by atoms with van der Waals surface area (Å²) < 4.78 is 0. The van der Waals surface area contributed by atoms with Gasteiger partial charge in [0, 0.05) is 5.02 Å². The third-order valence-corrected chi connectivity index (χ3v) is 1.63. The predicted molar refractivity (Wildman–Crippen MR) is 64.5 cm³/mol. The number of nitrogens with one attached hydrogen (secondary N) is 1. The second kappa shape index (κ2) is 7.11. The second-order valence-corrected chi connectivity index (χ2v) is 2.73. The van der Waals surface area contributed by atoms with E-state index in [-0.39, 0.29) is 0 Å². The van der Waals surface area contributed by atoms with Crippen molar-refractivity contribution in [2.75, 3.05) is 17.6 Å². The van der Waals surface area contributed by atoms with E-state index in [0.717, 1.165) is 5.69 Å². The van der Waals surface area contributed by atoms with Crippen LogP contribution in [0.15, 0.2) is 18.2 Å². The Balaban J connectivity index is 0.000000791. The Morgan fingerprint density at radius 3 is 2.71 bits per heavy atom. The van der Waals surface area contributed by atoms with E-state index in [1.54, 1.807) is 18.2 Å². The second-order valence-electron chi connectivity index (χ2n) is 2.29. The Morgan fingerprint density at radius 2 is 2.14 bits per heavy atom. The molecule has 0 amide bonds. The maximum absolute atomic E-state index is 5.75. The van der Waals surface area contributed by atoms with Crippen molar-refractivity contribution >= 4 is 23.0 Å². The molecule has 0 aromatic heterocycles. The molecule has 0 saturated carbocycles. The average Bonchev–Trinajstić information content (AvgIpc) is 2.22. The molecule has 0 unspecified atom stereocenters. The van der Waals surface area contributed by atoms with E-state index in [1.165, 1.54) is 0 Å². The molecule has 1 aromatic carbocycles. The molecular weight excluding hydrogens is 196 g/mol. The average molecular weight is 211 g/mol. The number of anilines is 2. The topological polar surface area (TPSA) is 38.0 Å². The maximum atomic E-state index is 5.75. The highest BCUT2D eigenvalue weighted by Gasteiger charge is 1.97. The van der Waals surface area contributed by atoms with E-state index >= 15 is 0 Å². The summed E-state index contributed by atoms with van der Waals surface area (Å²) >= 11 is 5.75. The van der Waals surface area contributed by atoms with Gasteiger partial charge in [0.2, 0.25) is 0 Å². The van der Waals surface area contributed by atoms with E-state index in [4.69, 9.17) is 23.8 Å². The van der Waals surface area contributed by atoms with Crippen molar-refractivity contribution in [3.05, 3.63) is 23.2 Å². The number of benzene rings is 1. The molecule has 0 aliphatic rings. The lowest BCUT2D eigenvalue weighted by atomic mass is 10.2. The van der Waals surface area contributed by atoms with Crippen molar-refractivity contribution < 1.29 is 0 Å². The fourth-order valence-electron chi connectivity index (χ4n) is 0.828. The molecule has 0 aliphatic carbocycles. The van der Waals surface area contributed by atoms with E-state index < -0.39 is 0 Å². The number of rotatable bonds is 2. The number of nitrogen functional groups attached to an aromatic ring is 1. The number of nitrogens with two attached hydrogens (primary N) is 1. The Morgan fingerprint density at radius 1 is 1.50 bits per heavy atom. The summed E-state index contributed by atoms with van der Waals surface area (Å²) in [6.45, 7) is 4.45. The molecular formula is C11H15ClN2. The van der Waals surface area contributed by atoms with Crippen LogP contribution in [0.2, 0.25) is 5.02 Å². The maximum Gasteiger partial charge on any atom is 0.0764 e. The molecule has 0 fully saturated rings. The van der Waals surface area contributed by atoms with E-state index in [1.807, 2.05) is 13.8 Å². The molecule has 3 heteroatoms. The molecule has 0 radical (unpaired) electrons. The van der Waals surface area contributed by atoms with Crippen molar-refractivity contribution in [1.29, 1.82) is 0 Å². The van der Waals surface area contributed by atoms with Gasteiger partial charge in [-0.2, -0.15) is 0 Å². The van der Waals surface area contributed by atoms with Crippen LogP contribution in [0.5, 0.6) is 0 Å². The largest absolute Gasteiger partial charge is 0.397 e. The molecule has 0 spiro atoms. The summed E-state index contributed by atoms with van der Waals surface area (Å²) in [4.78, 5) is 0. The van der Waals surface area contributed by atoms with Crippen molar-refractivity contribution in [3.63, 3.8) is 0 Å². The Hall–Kier alpha value is -1.33. The number of hydrogen-bond donors (Lipinski definition) is 2. The van der Waals surface area contributed by atoms with Gasteiger partial charge in [0.1, 0.15) is 0 Å². The highest BCUT2D eigenvalue weighted by atomic mass is 35.5. The van der Waals surface area contributed by atoms with Crippen LogP contribution in [0.25, 0.3) is 0 Å². The fraction of sp³-hybridized carbons (Fsp3) is 0.273. The molecule has 0 heterocycles. The van der Waals surface area contributed by atoms with E-state index in [9.17, 15) is 0 Å². The smallest absolute Gasteiger partial charge is 0.0764 e. The zero-order valence-corrected chi connectivity index (χ0v) is 9.23. The first-order valence-corrected chi connectivity index (χ1v) is 4.84. The quantitative estimate of drug-likeness (QED) is 0.582. The van der Waals surface area contributed by atoms with Crippen LogP contribution in [-0.4, -0.2) is 6.54 Å². The summed E-state index contributed by atoms with van der Waals surface area (Å²) in [5, 5.41) is 3.60. The molecule has 1 aromatic rings. The van der Waals surface area contributed by atoms with Gasteiger partial charge < -0.3 is 11.1 Å². The standard InChI is InChI=1S/C9H9ClN2.C2H6/c1-2-5-12-9-6-7(10)3-4-8(9)11;1-2/h1,3-4,6,12H,5,11H2;1-2H3. The summed E-state index contributed by atoms with van der Waals surface area (Å²) in [5.74, 6) is 2.45. The Kier molecular flexibility index (Phi) is 6.43. The summed E-state index contributed by atoms with van der Waals surface area (Å²) in [6.07, 6.45) is 5.08. The minimum absolute atomic E-state index is 0.449. The first-order chi connectivity index (χ1) is 6.74. The van der Waals surface area contributed by atoms with Crippen molar-refractivity contribution in [3.8, 4) is 12.3 Å².